The topological polar surface area (TPSA) is 73.6 Å². The van der Waals surface area contributed by atoms with Gasteiger partial charge in [-0.3, -0.25) is 0 Å². The van der Waals surface area contributed by atoms with Crippen LogP contribution in [0.1, 0.15) is 5.56 Å². The number of ether oxygens (including phenoxy) is 1. The van der Waals surface area contributed by atoms with E-state index in [1.807, 2.05) is 6.92 Å². The molecule has 2 aromatic heterocycles. The Labute approximate surface area is 96.2 Å². The first kappa shape index (κ1) is 11.2. The van der Waals surface area contributed by atoms with E-state index in [0.717, 1.165) is 5.56 Å². The lowest BCUT2D eigenvalue weighted by atomic mass is 10.3. The lowest BCUT2D eigenvalue weighted by Crippen LogP contribution is -1.98. The molecule has 8 heteroatoms. The van der Waals surface area contributed by atoms with Gasteiger partial charge in [-0.05, 0) is 18.6 Å². The number of aromatic nitrogens is 3. The van der Waals surface area contributed by atoms with Crippen LogP contribution in [-0.2, 0) is 9.05 Å². The normalized spacial score (nSPS) is 11.9. The van der Waals surface area contributed by atoms with Gasteiger partial charge in [-0.25, -0.2) is 8.42 Å². The number of pyridine rings is 1. The molecule has 0 aliphatic carbocycles. The maximum Gasteiger partial charge on any atom is 0.298 e. The van der Waals surface area contributed by atoms with Crippen LogP contribution in [0.2, 0.25) is 0 Å². The van der Waals surface area contributed by atoms with E-state index in [9.17, 15) is 8.42 Å². The summed E-state index contributed by atoms with van der Waals surface area (Å²) >= 11 is 0. The molecule has 0 aliphatic rings. The number of hydrogen-bond acceptors (Lipinski definition) is 5. The highest BCUT2D eigenvalue weighted by molar-refractivity contribution is 8.13. The smallest absolute Gasteiger partial charge is 0.298 e. The van der Waals surface area contributed by atoms with E-state index in [0.29, 0.717) is 11.5 Å². The molecule has 0 saturated heterocycles. The molecule has 0 spiro atoms. The Bertz CT molecular complexity index is 650. The summed E-state index contributed by atoms with van der Waals surface area (Å²) in [6.45, 7) is 1.84. The molecule has 0 N–H and O–H groups in total. The SMILES string of the molecule is COc1cc(C)cc2nc(S(=O)(=O)Cl)nn12. The minimum atomic E-state index is -3.93. The molecular formula is C8H8ClN3O3S. The fourth-order valence-electron chi connectivity index (χ4n) is 1.31. The van der Waals surface area contributed by atoms with Crippen molar-refractivity contribution in [1.82, 2.24) is 14.6 Å². The van der Waals surface area contributed by atoms with Gasteiger partial charge in [-0.1, -0.05) is 0 Å². The fourth-order valence-corrected chi connectivity index (χ4v) is 1.89. The average Bonchev–Trinajstić information content (AvgIpc) is 2.59. The molecule has 6 nitrogen and oxygen atoms in total. The van der Waals surface area contributed by atoms with Crippen molar-refractivity contribution in [2.45, 2.75) is 12.1 Å². The second-order valence-corrected chi connectivity index (χ2v) is 5.64. The van der Waals surface area contributed by atoms with Gasteiger partial charge in [0.25, 0.3) is 14.2 Å². The molecule has 0 radical (unpaired) electrons. The van der Waals surface area contributed by atoms with Gasteiger partial charge in [0.05, 0.1) is 7.11 Å². The number of hydrogen-bond donors (Lipinski definition) is 0. The van der Waals surface area contributed by atoms with Gasteiger partial charge in [0, 0.05) is 16.7 Å². The summed E-state index contributed by atoms with van der Waals surface area (Å²) in [5, 5.41) is 3.32. The van der Waals surface area contributed by atoms with E-state index in [2.05, 4.69) is 10.1 Å². The first-order valence-electron chi connectivity index (χ1n) is 4.28. The zero-order valence-electron chi connectivity index (χ0n) is 8.51. The molecule has 0 aliphatic heterocycles. The molecule has 2 heterocycles. The molecular weight excluding hydrogens is 254 g/mol. The monoisotopic (exact) mass is 261 g/mol. The predicted octanol–water partition coefficient (Wildman–Crippen LogP) is 0.974. The molecule has 0 fully saturated rings. The van der Waals surface area contributed by atoms with Gasteiger partial charge >= 0.3 is 0 Å². The number of methoxy groups -OCH3 is 1. The highest BCUT2D eigenvalue weighted by atomic mass is 35.7. The molecule has 2 rings (SSSR count). The summed E-state index contributed by atoms with van der Waals surface area (Å²) in [7, 11) is 2.69. The van der Waals surface area contributed by atoms with Crippen LogP contribution in [0.5, 0.6) is 5.88 Å². The summed E-state index contributed by atoms with van der Waals surface area (Å²) in [4.78, 5) is 3.81. The van der Waals surface area contributed by atoms with Crippen molar-refractivity contribution in [3.8, 4) is 5.88 Å². The summed E-state index contributed by atoms with van der Waals surface area (Å²) in [6.07, 6.45) is 0. The zero-order chi connectivity index (χ0) is 11.9. The quantitative estimate of drug-likeness (QED) is 0.753. The van der Waals surface area contributed by atoms with Crippen LogP contribution >= 0.6 is 10.7 Å². The fraction of sp³-hybridized carbons (Fsp3) is 0.250. The Morgan fingerprint density at radius 2 is 2.12 bits per heavy atom. The van der Waals surface area contributed by atoms with Crippen molar-refractivity contribution in [2.75, 3.05) is 7.11 Å². The van der Waals surface area contributed by atoms with E-state index >= 15 is 0 Å². The molecule has 0 aromatic carbocycles. The number of aryl methyl sites for hydroxylation is 1. The van der Waals surface area contributed by atoms with Crippen molar-refractivity contribution in [3.63, 3.8) is 0 Å². The van der Waals surface area contributed by atoms with Crippen molar-refractivity contribution in [3.05, 3.63) is 17.7 Å². The molecule has 2 aromatic rings. The van der Waals surface area contributed by atoms with Crippen LogP contribution in [0, 0.1) is 6.92 Å². The summed E-state index contributed by atoms with van der Waals surface area (Å²) in [6, 6.07) is 3.40. The number of nitrogens with zero attached hydrogens (tertiary/aromatic N) is 3. The molecule has 0 saturated carbocycles. The van der Waals surface area contributed by atoms with Crippen molar-refractivity contribution >= 4 is 25.4 Å². The van der Waals surface area contributed by atoms with E-state index in [1.54, 1.807) is 12.1 Å². The van der Waals surface area contributed by atoms with Crippen molar-refractivity contribution in [2.24, 2.45) is 0 Å². The molecule has 0 bridgehead atoms. The van der Waals surface area contributed by atoms with Gasteiger partial charge in [-0.2, -0.15) is 9.50 Å². The Hall–Kier alpha value is -1.34. The van der Waals surface area contributed by atoms with Crippen LogP contribution in [-0.4, -0.2) is 30.1 Å². The minimum Gasteiger partial charge on any atom is -0.481 e. The third-order valence-corrected chi connectivity index (χ3v) is 2.98. The van der Waals surface area contributed by atoms with E-state index < -0.39 is 14.2 Å². The minimum absolute atomic E-state index is 0.371. The number of fused-ring (bicyclic) bond motifs is 1. The Morgan fingerprint density at radius 3 is 2.69 bits per heavy atom. The summed E-state index contributed by atoms with van der Waals surface area (Å²) in [5.74, 6) is 0.397. The van der Waals surface area contributed by atoms with E-state index in [1.165, 1.54) is 11.6 Å². The largest absolute Gasteiger partial charge is 0.481 e. The molecule has 0 amide bonds. The van der Waals surface area contributed by atoms with Gasteiger partial charge in [-0.15, -0.1) is 5.10 Å². The van der Waals surface area contributed by atoms with Gasteiger partial charge in [0.2, 0.25) is 5.88 Å². The standard InChI is InChI=1S/C8H8ClN3O3S/c1-5-3-6-10-8(16(9,13)14)11-12(6)7(4-5)15-2/h3-4H,1-2H3. The van der Waals surface area contributed by atoms with Crippen LogP contribution < -0.4 is 4.74 Å². The second-order valence-electron chi connectivity index (χ2n) is 3.18. The van der Waals surface area contributed by atoms with Gasteiger partial charge in [0.1, 0.15) is 0 Å². The number of rotatable bonds is 2. The van der Waals surface area contributed by atoms with Crippen LogP contribution in [0.3, 0.4) is 0 Å². The first-order chi connectivity index (χ1) is 7.41. The van der Waals surface area contributed by atoms with Crippen molar-refractivity contribution in [1.29, 1.82) is 0 Å². The zero-order valence-corrected chi connectivity index (χ0v) is 10.1. The highest BCUT2D eigenvalue weighted by Gasteiger charge is 2.18. The first-order valence-corrected chi connectivity index (χ1v) is 6.59. The Morgan fingerprint density at radius 1 is 1.44 bits per heavy atom. The summed E-state index contributed by atoms with van der Waals surface area (Å²) < 4.78 is 28.5. The van der Waals surface area contributed by atoms with Crippen LogP contribution in [0.4, 0.5) is 0 Å². The van der Waals surface area contributed by atoms with Crippen LogP contribution in [0.25, 0.3) is 5.65 Å². The maximum absolute atomic E-state index is 11.1. The van der Waals surface area contributed by atoms with E-state index in [4.69, 9.17) is 15.4 Å². The highest BCUT2D eigenvalue weighted by Crippen LogP contribution is 2.18. The maximum atomic E-state index is 11.1. The molecule has 86 valence electrons. The molecule has 0 atom stereocenters. The second kappa shape index (κ2) is 3.60. The Kier molecular flexibility index (Phi) is 2.51. The predicted molar refractivity (Wildman–Crippen MR) is 57.3 cm³/mol. The Balaban J connectivity index is 2.80. The van der Waals surface area contributed by atoms with Crippen LogP contribution in [0.15, 0.2) is 17.3 Å². The lowest BCUT2D eigenvalue weighted by molar-refractivity contribution is 0.384. The lowest BCUT2D eigenvalue weighted by Gasteiger charge is -2.02. The molecule has 0 unspecified atom stereocenters. The average molecular weight is 262 g/mol. The summed E-state index contributed by atoms with van der Waals surface area (Å²) in [5.41, 5.74) is 1.26. The molecule has 16 heavy (non-hydrogen) atoms. The van der Waals surface area contributed by atoms with Crippen molar-refractivity contribution < 1.29 is 13.2 Å². The third kappa shape index (κ3) is 1.83. The number of halogens is 1. The third-order valence-electron chi connectivity index (χ3n) is 1.96. The van der Waals surface area contributed by atoms with Gasteiger partial charge in [0.15, 0.2) is 5.65 Å². The van der Waals surface area contributed by atoms with E-state index in [-0.39, 0.29) is 0 Å². The van der Waals surface area contributed by atoms with Gasteiger partial charge < -0.3 is 4.74 Å².